The molecule has 1 N–H and O–H groups in total. The van der Waals surface area contributed by atoms with Gasteiger partial charge in [-0.15, -0.1) is 0 Å². The molecular weight excluding hydrogens is 408 g/mol. The van der Waals surface area contributed by atoms with E-state index in [2.05, 4.69) is 9.97 Å². The molecule has 0 saturated heterocycles. The predicted molar refractivity (Wildman–Crippen MR) is 120 cm³/mol. The third kappa shape index (κ3) is 3.69. The molecular formula is C25H16N2O3S. The monoisotopic (exact) mass is 424 g/mol. The molecule has 0 unspecified atom stereocenters. The Balaban J connectivity index is 1.73. The van der Waals surface area contributed by atoms with Crippen molar-refractivity contribution in [3.05, 3.63) is 96.8 Å². The molecule has 0 aliphatic rings. The van der Waals surface area contributed by atoms with E-state index < -0.39 is 5.97 Å². The summed E-state index contributed by atoms with van der Waals surface area (Å²) in [7, 11) is 0. The Morgan fingerprint density at radius 2 is 1.55 bits per heavy atom. The number of nitrogens with zero attached hydrogens (tertiary/aromatic N) is 2. The van der Waals surface area contributed by atoms with E-state index in [1.54, 1.807) is 18.2 Å². The van der Waals surface area contributed by atoms with Gasteiger partial charge < -0.3 is 9.52 Å². The first kappa shape index (κ1) is 19.1. The molecule has 5 rings (SSSR count). The number of fused-ring (bicyclic) bond motifs is 1. The zero-order valence-electron chi connectivity index (χ0n) is 16.2. The lowest BCUT2D eigenvalue weighted by Crippen LogP contribution is -1.95. The highest BCUT2D eigenvalue weighted by atomic mass is 32.2. The first-order valence-electron chi connectivity index (χ1n) is 9.60. The van der Waals surface area contributed by atoms with Crippen LogP contribution in [0.25, 0.3) is 33.6 Å². The second-order valence-electron chi connectivity index (χ2n) is 6.83. The van der Waals surface area contributed by atoms with Gasteiger partial charge in [-0.2, -0.15) is 0 Å². The summed E-state index contributed by atoms with van der Waals surface area (Å²) >= 11 is 1.39. The summed E-state index contributed by atoms with van der Waals surface area (Å²) in [6.45, 7) is 0. The van der Waals surface area contributed by atoms with Crippen LogP contribution in [0.5, 0.6) is 0 Å². The Hall–Kier alpha value is -3.90. The molecule has 0 atom stereocenters. The molecule has 0 bridgehead atoms. The number of benzene rings is 3. The smallest absolute Gasteiger partial charge is 0.335 e. The van der Waals surface area contributed by atoms with Crippen molar-refractivity contribution >= 4 is 28.8 Å². The molecule has 0 fully saturated rings. The van der Waals surface area contributed by atoms with E-state index in [1.807, 2.05) is 66.7 Å². The number of carboxylic acids is 1. The summed E-state index contributed by atoms with van der Waals surface area (Å²) in [5.74, 6) is -0.238. The zero-order chi connectivity index (χ0) is 21.2. The van der Waals surface area contributed by atoms with Crippen LogP contribution < -0.4 is 0 Å². The minimum atomic E-state index is -0.963. The first-order chi connectivity index (χ1) is 15.2. The molecule has 0 saturated carbocycles. The third-order valence-electron chi connectivity index (χ3n) is 4.85. The molecule has 5 nitrogen and oxygen atoms in total. The van der Waals surface area contributed by atoms with E-state index in [-0.39, 0.29) is 5.56 Å². The van der Waals surface area contributed by atoms with E-state index in [4.69, 9.17) is 4.42 Å². The Labute approximate surface area is 182 Å². The van der Waals surface area contributed by atoms with Crippen molar-refractivity contribution in [2.75, 3.05) is 0 Å². The van der Waals surface area contributed by atoms with Gasteiger partial charge >= 0.3 is 5.97 Å². The molecule has 0 radical (unpaired) electrons. The van der Waals surface area contributed by atoms with E-state index in [0.29, 0.717) is 10.7 Å². The quantitative estimate of drug-likeness (QED) is 0.329. The van der Waals surface area contributed by atoms with Crippen LogP contribution in [-0.2, 0) is 0 Å². The standard InChI is InChI=1S/C25H16N2O3S/c28-25(29)18-12-7-13-19(14-18)31-24-21-20(16-8-3-1-4-9-16)22(17-10-5-2-6-11-17)30-23(21)26-15-27-24/h1-15H,(H,28,29). The number of furan rings is 1. The Morgan fingerprint density at radius 3 is 2.26 bits per heavy atom. The van der Waals surface area contributed by atoms with Gasteiger partial charge in [-0.1, -0.05) is 78.5 Å². The highest BCUT2D eigenvalue weighted by Crippen LogP contribution is 2.44. The molecule has 150 valence electrons. The van der Waals surface area contributed by atoms with Crippen molar-refractivity contribution in [1.29, 1.82) is 0 Å². The van der Waals surface area contributed by atoms with Crippen LogP contribution >= 0.6 is 11.8 Å². The number of aromatic carboxylic acids is 1. The highest BCUT2D eigenvalue weighted by molar-refractivity contribution is 7.99. The van der Waals surface area contributed by atoms with Crippen molar-refractivity contribution in [2.45, 2.75) is 9.92 Å². The summed E-state index contributed by atoms with van der Waals surface area (Å²) in [6.07, 6.45) is 1.47. The van der Waals surface area contributed by atoms with Gasteiger partial charge in [0.2, 0.25) is 5.71 Å². The molecule has 0 amide bonds. The Kier molecular flexibility index (Phi) is 4.98. The van der Waals surface area contributed by atoms with Crippen LogP contribution in [0.1, 0.15) is 10.4 Å². The molecule has 3 aromatic carbocycles. The Bertz CT molecular complexity index is 1380. The fraction of sp³-hybridized carbons (Fsp3) is 0. The van der Waals surface area contributed by atoms with Gasteiger partial charge in [-0.3, -0.25) is 0 Å². The molecule has 0 spiro atoms. The number of hydrogen-bond donors (Lipinski definition) is 1. The second-order valence-corrected chi connectivity index (χ2v) is 7.89. The summed E-state index contributed by atoms with van der Waals surface area (Å²) in [6, 6.07) is 26.7. The maximum absolute atomic E-state index is 11.4. The normalized spacial score (nSPS) is 11.0. The average Bonchev–Trinajstić information content (AvgIpc) is 3.21. The number of carbonyl (C=O) groups is 1. The third-order valence-corrected chi connectivity index (χ3v) is 5.84. The van der Waals surface area contributed by atoms with E-state index in [0.717, 1.165) is 32.7 Å². The van der Waals surface area contributed by atoms with Crippen LogP contribution in [0.15, 0.2) is 106 Å². The Morgan fingerprint density at radius 1 is 0.839 bits per heavy atom. The number of hydrogen-bond acceptors (Lipinski definition) is 5. The number of carboxylic acid groups (broad SMARTS) is 1. The lowest BCUT2D eigenvalue weighted by molar-refractivity contribution is 0.0696. The minimum absolute atomic E-state index is 0.232. The highest BCUT2D eigenvalue weighted by Gasteiger charge is 2.22. The average molecular weight is 424 g/mol. The fourth-order valence-corrected chi connectivity index (χ4v) is 4.41. The lowest BCUT2D eigenvalue weighted by Gasteiger charge is -2.07. The van der Waals surface area contributed by atoms with E-state index >= 15 is 0 Å². The SMILES string of the molecule is O=C(O)c1cccc(Sc2ncnc3oc(-c4ccccc4)c(-c4ccccc4)c23)c1. The van der Waals surface area contributed by atoms with Gasteiger partial charge in [0.25, 0.3) is 0 Å². The van der Waals surface area contributed by atoms with E-state index in [1.165, 1.54) is 18.1 Å². The summed E-state index contributed by atoms with van der Waals surface area (Å²) in [4.78, 5) is 21.0. The van der Waals surface area contributed by atoms with E-state index in [9.17, 15) is 9.90 Å². The fourth-order valence-electron chi connectivity index (χ4n) is 3.46. The number of rotatable bonds is 5. The summed E-state index contributed by atoms with van der Waals surface area (Å²) < 4.78 is 6.22. The van der Waals surface area contributed by atoms with Gasteiger partial charge in [0, 0.05) is 16.0 Å². The molecule has 2 aromatic heterocycles. The molecule has 2 heterocycles. The summed E-state index contributed by atoms with van der Waals surface area (Å²) in [5.41, 5.74) is 3.58. The van der Waals surface area contributed by atoms with Crippen LogP contribution in [0, 0.1) is 0 Å². The maximum Gasteiger partial charge on any atom is 0.335 e. The van der Waals surface area contributed by atoms with Crippen LogP contribution in [0.4, 0.5) is 0 Å². The van der Waals surface area contributed by atoms with Crippen molar-refractivity contribution < 1.29 is 14.3 Å². The van der Waals surface area contributed by atoms with Crippen LogP contribution in [0.2, 0.25) is 0 Å². The largest absolute Gasteiger partial charge is 0.478 e. The molecule has 31 heavy (non-hydrogen) atoms. The first-order valence-corrected chi connectivity index (χ1v) is 10.4. The van der Waals surface area contributed by atoms with Crippen molar-refractivity contribution in [3.63, 3.8) is 0 Å². The van der Waals surface area contributed by atoms with Gasteiger partial charge in [0.1, 0.15) is 17.1 Å². The maximum atomic E-state index is 11.4. The van der Waals surface area contributed by atoms with Crippen molar-refractivity contribution in [2.24, 2.45) is 0 Å². The lowest BCUT2D eigenvalue weighted by atomic mass is 10.00. The van der Waals surface area contributed by atoms with Crippen molar-refractivity contribution in [3.8, 4) is 22.5 Å². The summed E-state index contributed by atoms with van der Waals surface area (Å²) in [5, 5.41) is 10.8. The molecule has 0 aliphatic carbocycles. The minimum Gasteiger partial charge on any atom is -0.478 e. The van der Waals surface area contributed by atoms with Crippen LogP contribution in [0.3, 0.4) is 0 Å². The predicted octanol–water partition coefficient (Wildman–Crippen LogP) is 6.41. The topological polar surface area (TPSA) is 76.2 Å². The van der Waals surface area contributed by atoms with Crippen LogP contribution in [-0.4, -0.2) is 21.0 Å². The molecule has 5 aromatic rings. The van der Waals surface area contributed by atoms with Gasteiger partial charge in [0.15, 0.2) is 0 Å². The van der Waals surface area contributed by atoms with Gasteiger partial charge in [-0.05, 0) is 23.8 Å². The number of aromatic nitrogens is 2. The second kappa shape index (κ2) is 8.08. The molecule has 6 heteroatoms. The van der Waals surface area contributed by atoms with Gasteiger partial charge in [0.05, 0.1) is 10.9 Å². The van der Waals surface area contributed by atoms with Gasteiger partial charge in [-0.25, -0.2) is 14.8 Å². The molecule has 0 aliphatic heterocycles. The zero-order valence-corrected chi connectivity index (χ0v) is 17.0. The van der Waals surface area contributed by atoms with Crippen molar-refractivity contribution in [1.82, 2.24) is 9.97 Å².